The number of carbonyl (C=O) groups is 1. The van der Waals surface area contributed by atoms with E-state index in [0.29, 0.717) is 12.4 Å². The lowest BCUT2D eigenvalue weighted by molar-refractivity contribution is -0.117. The van der Waals surface area contributed by atoms with Gasteiger partial charge in [-0.3, -0.25) is 4.79 Å². The van der Waals surface area contributed by atoms with E-state index >= 15 is 0 Å². The maximum Gasteiger partial charge on any atom is 0.242 e. The number of nitrogens with one attached hydrogen (secondary N) is 1. The number of aromatic nitrogens is 2. The molecule has 0 saturated heterocycles. The molecule has 0 spiro atoms. The van der Waals surface area contributed by atoms with Gasteiger partial charge < -0.3 is 11.1 Å². The van der Waals surface area contributed by atoms with Crippen LogP contribution in [0, 0.1) is 0 Å². The standard InChI is InChI=1S/C14H18N4O.ClH/c1-11(15)14(19)17-13-7-9-16-18(13)10-8-12-5-3-2-4-6-12;/h2-7,9,11H,8,10,15H2,1H3,(H,17,19);1H/t11-;/m0./s1. The van der Waals surface area contributed by atoms with Gasteiger partial charge in [0.2, 0.25) is 5.91 Å². The Labute approximate surface area is 124 Å². The van der Waals surface area contributed by atoms with E-state index in [1.807, 2.05) is 18.2 Å². The largest absolute Gasteiger partial charge is 0.320 e. The minimum atomic E-state index is -0.530. The summed E-state index contributed by atoms with van der Waals surface area (Å²) < 4.78 is 1.77. The summed E-state index contributed by atoms with van der Waals surface area (Å²) in [5.74, 6) is 0.472. The van der Waals surface area contributed by atoms with Crippen molar-refractivity contribution in [1.82, 2.24) is 9.78 Å². The molecule has 3 N–H and O–H groups in total. The first-order valence-electron chi connectivity index (χ1n) is 6.29. The Morgan fingerprint density at radius 3 is 2.70 bits per heavy atom. The van der Waals surface area contributed by atoms with Gasteiger partial charge in [0.15, 0.2) is 0 Å². The zero-order valence-electron chi connectivity index (χ0n) is 11.3. The molecular weight excluding hydrogens is 276 g/mol. The highest BCUT2D eigenvalue weighted by atomic mass is 35.5. The Morgan fingerprint density at radius 1 is 1.35 bits per heavy atom. The number of rotatable bonds is 5. The second-order valence-electron chi connectivity index (χ2n) is 4.45. The Hall–Kier alpha value is -1.85. The topological polar surface area (TPSA) is 72.9 Å². The third kappa shape index (κ3) is 4.36. The lowest BCUT2D eigenvalue weighted by Crippen LogP contribution is -2.33. The number of nitrogens with zero attached hydrogens (tertiary/aromatic N) is 2. The van der Waals surface area contributed by atoms with E-state index in [1.54, 1.807) is 23.9 Å². The Morgan fingerprint density at radius 2 is 2.05 bits per heavy atom. The van der Waals surface area contributed by atoms with Crippen molar-refractivity contribution in [3.05, 3.63) is 48.2 Å². The average molecular weight is 295 g/mol. The van der Waals surface area contributed by atoms with Crippen molar-refractivity contribution < 1.29 is 4.79 Å². The molecule has 0 saturated carbocycles. The quantitative estimate of drug-likeness (QED) is 0.883. The van der Waals surface area contributed by atoms with Crippen LogP contribution in [0.5, 0.6) is 0 Å². The summed E-state index contributed by atoms with van der Waals surface area (Å²) >= 11 is 0. The SMILES string of the molecule is C[C@H](N)C(=O)Nc1ccnn1CCc1ccccc1.Cl. The molecule has 1 aromatic carbocycles. The minimum Gasteiger partial charge on any atom is -0.320 e. The maximum atomic E-state index is 11.6. The number of nitrogens with two attached hydrogens (primary N) is 1. The number of aryl methyl sites for hydroxylation is 2. The molecule has 1 heterocycles. The lowest BCUT2D eigenvalue weighted by Gasteiger charge is -2.10. The van der Waals surface area contributed by atoms with Crippen molar-refractivity contribution >= 4 is 24.1 Å². The zero-order chi connectivity index (χ0) is 13.7. The predicted octanol–water partition coefficient (Wildman–Crippen LogP) is 1.83. The number of benzene rings is 1. The predicted molar refractivity (Wildman–Crippen MR) is 81.9 cm³/mol. The van der Waals surface area contributed by atoms with Crippen LogP contribution in [-0.4, -0.2) is 21.7 Å². The number of hydrogen-bond acceptors (Lipinski definition) is 3. The second-order valence-corrected chi connectivity index (χ2v) is 4.45. The van der Waals surface area contributed by atoms with Crippen LogP contribution >= 0.6 is 12.4 Å². The number of halogens is 1. The van der Waals surface area contributed by atoms with Crippen molar-refractivity contribution in [3.8, 4) is 0 Å². The Kier molecular flexibility index (Phi) is 6.21. The molecule has 0 bridgehead atoms. The fourth-order valence-electron chi connectivity index (χ4n) is 1.74. The van der Waals surface area contributed by atoms with E-state index in [4.69, 9.17) is 5.73 Å². The van der Waals surface area contributed by atoms with Gasteiger partial charge in [0.1, 0.15) is 5.82 Å². The van der Waals surface area contributed by atoms with Crippen LogP contribution in [0.25, 0.3) is 0 Å². The number of anilines is 1. The van der Waals surface area contributed by atoms with Crippen molar-refractivity contribution in [3.63, 3.8) is 0 Å². The van der Waals surface area contributed by atoms with Crippen LogP contribution in [0.3, 0.4) is 0 Å². The fraction of sp³-hybridized carbons (Fsp3) is 0.286. The first-order chi connectivity index (χ1) is 9.16. The summed E-state index contributed by atoms with van der Waals surface area (Å²) in [6.07, 6.45) is 2.53. The van der Waals surface area contributed by atoms with Crippen LogP contribution in [0.15, 0.2) is 42.6 Å². The molecular formula is C14H19ClN4O. The van der Waals surface area contributed by atoms with Gasteiger partial charge in [-0.05, 0) is 18.9 Å². The van der Waals surface area contributed by atoms with Gasteiger partial charge in [0.25, 0.3) is 0 Å². The van der Waals surface area contributed by atoms with Crippen molar-refractivity contribution in [1.29, 1.82) is 0 Å². The lowest BCUT2D eigenvalue weighted by atomic mass is 10.1. The van der Waals surface area contributed by atoms with Gasteiger partial charge in [0, 0.05) is 12.6 Å². The molecule has 6 heteroatoms. The van der Waals surface area contributed by atoms with Gasteiger partial charge >= 0.3 is 0 Å². The monoisotopic (exact) mass is 294 g/mol. The summed E-state index contributed by atoms with van der Waals surface area (Å²) in [5, 5.41) is 6.97. The molecule has 20 heavy (non-hydrogen) atoms. The van der Waals surface area contributed by atoms with Gasteiger partial charge in [-0.15, -0.1) is 12.4 Å². The maximum absolute atomic E-state index is 11.6. The van der Waals surface area contributed by atoms with Gasteiger partial charge in [-0.2, -0.15) is 5.10 Å². The molecule has 0 fully saturated rings. The normalized spacial score (nSPS) is 11.5. The van der Waals surface area contributed by atoms with E-state index in [9.17, 15) is 4.79 Å². The first kappa shape index (κ1) is 16.2. The highest BCUT2D eigenvalue weighted by Crippen LogP contribution is 2.09. The van der Waals surface area contributed by atoms with Crippen LogP contribution in [-0.2, 0) is 17.8 Å². The summed E-state index contributed by atoms with van der Waals surface area (Å²) in [7, 11) is 0. The van der Waals surface area contributed by atoms with E-state index in [-0.39, 0.29) is 18.3 Å². The molecule has 0 unspecified atom stereocenters. The van der Waals surface area contributed by atoms with Crippen LogP contribution in [0.4, 0.5) is 5.82 Å². The van der Waals surface area contributed by atoms with E-state index < -0.39 is 6.04 Å². The summed E-state index contributed by atoms with van der Waals surface area (Å²) in [6.45, 7) is 2.37. The summed E-state index contributed by atoms with van der Waals surface area (Å²) in [4.78, 5) is 11.6. The van der Waals surface area contributed by atoms with Crippen LogP contribution < -0.4 is 11.1 Å². The second kappa shape index (κ2) is 7.67. The first-order valence-corrected chi connectivity index (χ1v) is 6.29. The Bertz CT molecular complexity index is 539. The van der Waals surface area contributed by atoms with E-state index in [0.717, 1.165) is 6.42 Å². The molecule has 2 aromatic rings. The summed E-state index contributed by atoms with van der Waals surface area (Å²) in [5.41, 5.74) is 6.76. The van der Waals surface area contributed by atoms with Crippen molar-refractivity contribution in [2.45, 2.75) is 25.9 Å². The van der Waals surface area contributed by atoms with Crippen LogP contribution in [0.1, 0.15) is 12.5 Å². The third-order valence-corrected chi connectivity index (χ3v) is 2.84. The highest BCUT2D eigenvalue weighted by molar-refractivity contribution is 5.93. The zero-order valence-corrected chi connectivity index (χ0v) is 12.1. The van der Waals surface area contributed by atoms with Crippen molar-refractivity contribution in [2.24, 2.45) is 5.73 Å². The molecule has 0 radical (unpaired) electrons. The molecule has 0 aliphatic heterocycles. The van der Waals surface area contributed by atoms with E-state index in [1.165, 1.54) is 5.56 Å². The smallest absolute Gasteiger partial charge is 0.242 e. The van der Waals surface area contributed by atoms with Gasteiger partial charge in [-0.25, -0.2) is 4.68 Å². The van der Waals surface area contributed by atoms with Crippen molar-refractivity contribution in [2.75, 3.05) is 5.32 Å². The van der Waals surface area contributed by atoms with E-state index in [2.05, 4.69) is 22.5 Å². The fourth-order valence-corrected chi connectivity index (χ4v) is 1.74. The average Bonchev–Trinajstić information content (AvgIpc) is 2.85. The van der Waals surface area contributed by atoms with Gasteiger partial charge in [0.05, 0.1) is 12.2 Å². The highest BCUT2D eigenvalue weighted by Gasteiger charge is 2.10. The number of amides is 1. The molecule has 0 aliphatic rings. The third-order valence-electron chi connectivity index (χ3n) is 2.84. The van der Waals surface area contributed by atoms with Gasteiger partial charge in [-0.1, -0.05) is 30.3 Å². The molecule has 5 nitrogen and oxygen atoms in total. The summed E-state index contributed by atoms with van der Waals surface area (Å²) in [6, 6.07) is 11.4. The molecule has 1 atom stereocenters. The Balaban J connectivity index is 0.00000200. The number of hydrogen-bond donors (Lipinski definition) is 2. The van der Waals surface area contributed by atoms with Crippen LogP contribution in [0.2, 0.25) is 0 Å². The molecule has 1 aromatic heterocycles. The minimum absolute atomic E-state index is 0. The molecule has 2 rings (SSSR count). The molecule has 1 amide bonds. The number of carbonyl (C=O) groups excluding carboxylic acids is 1. The molecule has 0 aliphatic carbocycles. The molecule has 108 valence electrons.